The molecule has 0 fully saturated rings. The average molecular weight is 291 g/mol. The molecule has 2 aromatic rings. The van der Waals surface area contributed by atoms with Gasteiger partial charge in [0.1, 0.15) is 6.29 Å². The average Bonchev–Trinajstić information content (AvgIpc) is 2.49. The predicted molar refractivity (Wildman–Crippen MR) is 79.0 cm³/mol. The van der Waals surface area contributed by atoms with Gasteiger partial charge in [0.15, 0.2) is 11.5 Å². The van der Waals surface area contributed by atoms with Gasteiger partial charge in [0.2, 0.25) is 0 Å². The third-order valence-electron chi connectivity index (χ3n) is 2.87. The van der Waals surface area contributed by atoms with E-state index in [4.69, 9.17) is 21.1 Å². The Hall–Kier alpha value is -2.00. The summed E-state index contributed by atoms with van der Waals surface area (Å²) >= 11 is 6.11. The molecule has 0 spiro atoms. The van der Waals surface area contributed by atoms with Crippen molar-refractivity contribution >= 4 is 17.9 Å². The number of rotatable bonds is 6. The van der Waals surface area contributed by atoms with Gasteiger partial charge in [-0.15, -0.1) is 0 Å². The normalized spacial score (nSPS) is 10.1. The van der Waals surface area contributed by atoms with Crippen LogP contribution in [0.1, 0.15) is 15.9 Å². The minimum atomic E-state index is 0.375. The van der Waals surface area contributed by atoms with E-state index in [9.17, 15) is 4.79 Å². The Kier molecular flexibility index (Phi) is 5.02. The SMILES string of the molecule is COc1cc(C=O)cc(Cl)c1OCCc1ccccc1. The highest BCUT2D eigenvalue weighted by atomic mass is 35.5. The van der Waals surface area contributed by atoms with Crippen LogP contribution in [0.4, 0.5) is 0 Å². The molecule has 0 amide bonds. The van der Waals surface area contributed by atoms with E-state index in [-0.39, 0.29) is 0 Å². The van der Waals surface area contributed by atoms with Crippen molar-refractivity contribution < 1.29 is 14.3 Å². The van der Waals surface area contributed by atoms with Crippen molar-refractivity contribution in [2.24, 2.45) is 0 Å². The van der Waals surface area contributed by atoms with E-state index in [1.165, 1.54) is 12.7 Å². The van der Waals surface area contributed by atoms with Gasteiger partial charge in [-0.25, -0.2) is 0 Å². The Morgan fingerprint density at radius 3 is 2.60 bits per heavy atom. The van der Waals surface area contributed by atoms with Crippen molar-refractivity contribution in [1.82, 2.24) is 0 Å². The van der Waals surface area contributed by atoms with Gasteiger partial charge in [0.25, 0.3) is 0 Å². The Balaban J connectivity index is 2.07. The van der Waals surface area contributed by atoms with E-state index >= 15 is 0 Å². The lowest BCUT2D eigenvalue weighted by molar-refractivity contribution is 0.112. The lowest BCUT2D eigenvalue weighted by Gasteiger charge is -2.13. The van der Waals surface area contributed by atoms with Crippen molar-refractivity contribution in [3.8, 4) is 11.5 Å². The molecule has 0 aliphatic carbocycles. The fraction of sp³-hybridized carbons (Fsp3) is 0.188. The first-order valence-corrected chi connectivity index (χ1v) is 6.62. The van der Waals surface area contributed by atoms with Crippen molar-refractivity contribution in [1.29, 1.82) is 0 Å². The summed E-state index contributed by atoms with van der Waals surface area (Å²) < 4.78 is 10.9. The summed E-state index contributed by atoms with van der Waals surface area (Å²) in [5.41, 5.74) is 1.65. The van der Waals surface area contributed by atoms with Crippen LogP contribution >= 0.6 is 11.6 Å². The number of hydrogen-bond donors (Lipinski definition) is 0. The molecule has 3 nitrogen and oxygen atoms in total. The van der Waals surface area contributed by atoms with Crippen LogP contribution in [0.3, 0.4) is 0 Å². The van der Waals surface area contributed by atoms with E-state index in [1.807, 2.05) is 30.3 Å². The molecule has 0 radical (unpaired) electrons. The maximum atomic E-state index is 10.8. The zero-order valence-electron chi connectivity index (χ0n) is 11.1. The first-order valence-electron chi connectivity index (χ1n) is 6.24. The van der Waals surface area contributed by atoms with Crippen LogP contribution in [0, 0.1) is 0 Å². The van der Waals surface area contributed by atoms with Crippen LogP contribution in [-0.4, -0.2) is 20.0 Å². The molecule has 0 aliphatic heterocycles. The third-order valence-corrected chi connectivity index (χ3v) is 3.15. The number of carbonyl (C=O) groups is 1. The molecule has 2 rings (SSSR count). The van der Waals surface area contributed by atoms with Crippen LogP contribution in [0.25, 0.3) is 0 Å². The van der Waals surface area contributed by atoms with E-state index in [0.717, 1.165) is 12.7 Å². The molecule has 0 heterocycles. The quantitative estimate of drug-likeness (QED) is 0.760. The second kappa shape index (κ2) is 6.96. The van der Waals surface area contributed by atoms with Crippen LogP contribution in [0.15, 0.2) is 42.5 Å². The van der Waals surface area contributed by atoms with Crippen molar-refractivity contribution in [3.63, 3.8) is 0 Å². The number of carbonyl (C=O) groups excluding carboxylic acids is 1. The monoisotopic (exact) mass is 290 g/mol. The molecule has 0 atom stereocenters. The van der Waals surface area contributed by atoms with Gasteiger partial charge in [0, 0.05) is 12.0 Å². The molecule has 0 N–H and O–H groups in total. The first-order chi connectivity index (χ1) is 9.74. The highest BCUT2D eigenvalue weighted by Gasteiger charge is 2.11. The summed E-state index contributed by atoms with van der Waals surface area (Å²) in [6, 6.07) is 13.2. The van der Waals surface area contributed by atoms with Gasteiger partial charge in [0.05, 0.1) is 18.7 Å². The Bertz CT molecular complexity index is 582. The van der Waals surface area contributed by atoms with Crippen molar-refractivity contribution in [2.45, 2.75) is 6.42 Å². The van der Waals surface area contributed by atoms with Gasteiger partial charge >= 0.3 is 0 Å². The molecular formula is C16H15ClO3. The van der Waals surface area contributed by atoms with Gasteiger partial charge in [-0.2, -0.15) is 0 Å². The minimum absolute atomic E-state index is 0.375. The number of benzene rings is 2. The minimum Gasteiger partial charge on any atom is -0.493 e. The van der Waals surface area contributed by atoms with Gasteiger partial charge in [-0.05, 0) is 17.7 Å². The maximum absolute atomic E-state index is 10.8. The largest absolute Gasteiger partial charge is 0.493 e. The van der Waals surface area contributed by atoms with E-state index in [1.54, 1.807) is 12.1 Å². The number of hydrogen-bond acceptors (Lipinski definition) is 3. The van der Waals surface area contributed by atoms with Crippen LogP contribution in [0.5, 0.6) is 11.5 Å². The van der Waals surface area contributed by atoms with Crippen molar-refractivity contribution in [3.05, 3.63) is 58.6 Å². The predicted octanol–water partition coefficient (Wildman–Crippen LogP) is 3.78. The Morgan fingerprint density at radius 1 is 1.20 bits per heavy atom. The summed E-state index contributed by atoms with van der Waals surface area (Å²) in [6.07, 6.45) is 1.50. The molecule has 0 saturated carbocycles. The fourth-order valence-corrected chi connectivity index (χ4v) is 2.14. The molecule has 0 saturated heterocycles. The van der Waals surface area contributed by atoms with E-state index in [2.05, 4.69) is 0 Å². The summed E-state index contributed by atoms with van der Waals surface area (Å²) in [5.74, 6) is 0.934. The summed E-state index contributed by atoms with van der Waals surface area (Å²) in [6.45, 7) is 0.487. The summed E-state index contributed by atoms with van der Waals surface area (Å²) in [7, 11) is 1.52. The Labute approximate surface area is 123 Å². The number of halogens is 1. The zero-order valence-corrected chi connectivity index (χ0v) is 11.9. The van der Waals surface area contributed by atoms with Gasteiger partial charge in [-0.1, -0.05) is 41.9 Å². The lowest BCUT2D eigenvalue weighted by Crippen LogP contribution is -2.03. The topological polar surface area (TPSA) is 35.5 Å². The molecule has 4 heteroatoms. The van der Waals surface area contributed by atoms with Crippen LogP contribution < -0.4 is 9.47 Å². The second-order valence-electron chi connectivity index (χ2n) is 4.24. The Morgan fingerprint density at radius 2 is 1.95 bits per heavy atom. The molecule has 0 unspecified atom stereocenters. The van der Waals surface area contributed by atoms with Gasteiger partial charge < -0.3 is 9.47 Å². The second-order valence-corrected chi connectivity index (χ2v) is 4.64. The summed E-state index contributed by atoms with van der Waals surface area (Å²) in [5, 5.41) is 0.375. The highest BCUT2D eigenvalue weighted by molar-refractivity contribution is 6.32. The smallest absolute Gasteiger partial charge is 0.179 e. The molecule has 20 heavy (non-hydrogen) atoms. The molecular weight excluding hydrogens is 276 g/mol. The number of ether oxygens (including phenoxy) is 2. The zero-order chi connectivity index (χ0) is 14.4. The molecule has 2 aromatic carbocycles. The standard InChI is InChI=1S/C16H15ClO3/c1-19-15-10-13(11-18)9-14(17)16(15)20-8-7-12-5-3-2-4-6-12/h2-6,9-11H,7-8H2,1H3. The van der Waals surface area contributed by atoms with Crippen LogP contribution in [0.2, 0.25) is 5.02 Å². The highest BCUT2D eigenvalue weighted by Crippen LogP contribution is 2.36. The molecule has 0 bridgehead atoms. The first kappa shape index (κ1) is 14.4. The van der Waals surface area contributed by atoms with E-state index in [0.29, 0.717) is 28.7 Å². The van der Waals surface area contributed by atoms with E-state index < -0.39 is 0 Å². The number of aldehydes is 1. The van der Waals surface area contributed by atoms with Crippen molar-refractivity contribution in [2.75, 3.05) is 13.7 Å². The summed E-state index contributed by atoms with van der Waals surface area (Å²) in [4.78, 5) is 10.8. The molecule has 0 aromatic heterocycles. The number of methoxy groups -OCH3 is 1. The lowest BCUT2D eigenvalue weighted by atomic mass is 10.2. The van der Waals surface area contributed by atoms with Crippen LogP contribution in [-0.2, 0) is 6.42 Å². The fourth-order valence-electron chi connectivity index (χ4n) is 1.86. The maximum Gasteiger partial charge on any atom is 0.179 e. The molecule has 104 valence electrons. The molecule has 0 aliphatic rings. The van der Waals surface area contributed by atoms with Gasteiger partial charge in [-0.3, -0.25) is 4.79 Å². The third kappa shape index (κ3) is 3.52.